The zero-order chi connectivity index (χ0) is 25.1. The Bertz CT molecular complexity index is 1440. The Balaban J connectivity index is 1.73. The van der Waals surface area contributed by atoms with E-state index in [-0.39, 0.29) is 5.69 Å². The summed E-state index contributed by atoms with van der Waals surface area (Å²) in [4.78, 5) is 12.5. The molecule has 0 atom stereocenters. The molecular weight excluding hydrogens is 456 g/mol. The molecule has 0 fully saturated rings. The lowest BCUT2D eigenvalue weighted by Crippen LogP contribution is -2.10. The largest absolute Gasteiger partial charge is 0.496 e. The van der Waals surface area contributed by atoms with Crippen molar-refractivity contribution in [1.82, 2.24) is 0 Å². The highest BCUT2D eigenvalue weighted by atomic mass is 19.1. The topological polar surface area (TPSA) is 69.9 Å². The second-order valence-electron chi connectivity index (χ2n) is 7.71. The van der Waals surface area contributed by atoms with Crippen LogP contribution in [0.2, 0.25) is 0 Å². The number of ether oxygens (including phenoxy) is 3. The predicted octanol–water partition coefficient (Wildman–Crippen LogP) is 6.45. The average Bonchev–Trinajstić information content (AvgIpc) is 3.27. The van der Waals surface area contributed by atoms with Gasteiger partial charge >= 0.3 is 0 Å². The second-order valence-corrected chi connectivity index (χ2v) is 7.71. The normalized spacial score (nSPS) is 11.4. The molecule has 4 rings (SSSR count). The Hall–Kier alpha value is -4.33. The van der Waals surface area contributed by atoms with E-state index in [1.54, 1.807) is 39.5 Å². The zero-order valence-corrected chi connectivity index (χ0v) is 19.6. The Morgan fingerprint density at radius 1 is 0.914 bits per heavy atom. The molecule has 0 saturated heterocycles. The van der Waals surface area contributed by atoms with Crippen LogP contribution < -0.4 is 19.5 Å². The third kappa shape index (κ3) is 4.82. The number of allylic oxidation sites excluding steroid dienone is 1. The summed E-state index contributed by atoms with van der Waals surface area (Å²) in [5.41, 5.74) is 3.19. The first-order valence-electron chi connectivity index (χ1n) is 10.6. The van der Waals surface area contributed by atoms with Gasteiger partial charge < -0.3 is 23.9 Å². The molecule has 1 amide bonds. The molecule has 0 aliphatic rings. The summed E-state index contributed by atoms with van der Waals surface area (Å²) < 4.78 is 49.4. The monoisotopic (exact) mass is 479 g/mol. The minimum Gasteiger partial charge on any atom is -0.496 e. The van der Waals surface area contributed by atoms with Gasteiger partial charge in [0.15, 0.2) is 11.5 Å². The smallest absolute Gasteiger partial charge is 0.248 e. The van der Waals surface area contributed by atoms with Crippen LogP contribution in [0.25, 0.3) is 27.7 Å². The van der Waals surface area contributed by atoms with Crippen molar-refractivity contribution in [2.45, 2.75) is 6.92 Å². The van der Waals surface area contributed by atoms with Crippen LogP contribution in [0, 0.1) is 11.6 Å². The quantitative estimate of drug-likeness (QED) is 0.309. The first-order valence-corrected chi connectivity index (χ1v) is 10.6. The Morgan fingerprint density at radius 3 is 2.37 bits per heavy atom. The number of hydrogen-bond acceptors (Lipinski definition) is 5. The summed E-state index contributed by atoms with van der Waals surface area (Å²) >= 11 is 0. The molecular formula is C27H23F2NO5. The summed E-state index contributed by atoms with van der Waals surface area (Å²) in [6.07, 6.45) is 2.93. The lowest BCUT2D eigenvalue weighted by atomic mass is 9.99. The molecule has 180 valence electrons. The van der Waals surface area contributed by atoms with Gasteiger partial charge in [-0.2, -0.15) is 0 Å². The number of rotatable bonds is 7. The van der Waals surface area contributed by atoms with Gasteiger partial charge in [0.05, 0.1) is 33.3 Å². The van der Waals surface area contributed by atoms with Gasteiger partial charge in [-0.3, -0.25) is 4.79 Å². The van der Waals surface area contributed by atoms with Crippen molar-refractivity contribution >= 4 is 28.1 Å². The van der Waals surface area contributed by atoms with Gasteiger partial charge in [-0.25, -0.2) is 8.78 Å². The van der Waals surface area contributed by atoms with E-state index in [1.165, 1.54) is 13.2 Å². The van der Waals surface area contributed by atoms with E-state index in [9.17, 15) is 13.6 Å². The van der Waals surface area contributed by atoms with Gasteiger partial charge in [-0.15, -0.1) is 0 Å². The van der Waals surface area contributed by atoms with Gasteiger partial charge in [0.1, 0.15) is 23.0 Å². The van der Waals surface area contributed by atoms with E-state index >= 15 is 0 Å². The van der Waals surface area contributed by atoms with Crippen molar-refractivity contribution in [3.63, 3.8) is 0 Å². The summed E-state index contributed by atoms with van der Waals surface area (Å²) in [6.45, 7) is 1.72. The Morgan fingerprint density at radius 2 is 1.66 bits per heavy atom. The van der Waals surface area contributed by atoms with E-state index in [0.29, 0.717) is 34.0 Å². The summed E-state index contributed by atoms with van der Waals surface area (Å²) in [5.74, 6) is -0.332. The molecule has 0 aliphatic carbocycles. The van der Waals surface area contributed by atoms with Gasteiger partial charge in [0.2, 0.25) is 5.91 Å². The Kier molecular flexibility index (Phi) is 6.73. The first kappa shape index (κ1) is 23.8. The molecule has 0 saturated carbocycles. The number of anilines is 1. The van der Waals surface area contributed by atoms with Crippen molar-refractivity contribution in [2.75, 3.05) is 26.6 Å². The number of methoxy groups -OCH3 is 3. The lowest BCUT2D eigenvalue weighted by molar-refractivity contribution is -0.111. The number of fused-ring (bicyclic) bond motifs is 1. The van der Waals surface area contributed by atoms with Crippen molar-refractivity contribution < 1.29 is 32.2 Å². The van der Waals surface area contributed by atoms with E-state index in [0.717, 1.165) is 34.7 Å². The highest BCUT2D eigenvalue weighted by Crippen LogP contribution is 2.39. The van der Waals surface area contributed by atoms with Crippen LogP contribution in [0.4, 0.5) is 14.5 Å². The molecule has 1 heterocycles. The molecule has 0 spiro atoms. The summed E-state index contributed by atoms with van der Waals surface area (Å²) in [7, 11) is 4.64. The first-order chi connectivity index (χ1) is 16.8. The number of furan rings is 1. The van der Waals surface area contributed by atoms with Gasteiger partial charge in [0, 0.05) is 34.7 Å². The van der Waals surface area contributed by atoms with Crippen LogP contribution in [0.3, 0.4) is 0 Å². The predicted molar refractivity (Wildman–Crippen MR) is 130 cm³/mol. The molecule has 0 aliphatic heterocycles. The fourth-order valence-corrected chi connectivity index (χ4v) is 3.80. The number of halogens is 2. The van der Waals surface area contributed by atoms with Crippen molar-refractivity contribution in [1.29, 1.82) is 0 Å². The molecule has 0 unspecified atom stereocenters. The zero-order valence-electron chi connectivity index (χ0n) is 19.6. The van der Waals surface area contributed by atoms with E-state index in [1.807, 2.05) is 18.2 Å². The maximum Gasteiger partial charge on any atom is 0.248 e. The van der Waals surface area contributed by atoms with Crippen LogP contribution in [0.1, 0.15) is 12.5 Å². The Labute approximate surface area is 200 Å². The number of carbonyl (C=O) groups is 1. The van der Waals surface area contributed by atoms with Crippen molar-refractivity contribution in [3.8, 4) is 28.4 Å². The molecule has 1 aromatic heterocycles. The second kappa shape index (κ2) is 9.89. The molecule has 4 aromatic rings. The highest BCUT2D eigenvalue weighted by Gasteiger charge is 2.17. The number of amides is 1. The summed E-state index contributed by atoms with van der Waals surface area (Å²) in [5, 5.41) is 3.16. The van der Waals surface area contributed by atoms with E-state index in [2.05, 4.69) is 5.32 Å². The van der Waals surface area contributed by atoms with E-state index < -0.39 is 17.5 Å². The molecule has 0 bridgehead atoms. The lowest BCUT2D eigenvalue weighted by Gasteiger charge is -2.11. The van der Waals surface area contributed by atoms with Crippen LogP contribution >= 0.6 is 0 Å². The third-order valence-electron chi connectivity index (χ3n) is 5.55. The highest BCUT2D eigenvalue weighted by molar-refractivity contribution is 6.05. The minimum absolute atomic E-state index is 0.243. The fraction of sp³-hybridized carbons (Fsp3) is 0.148. The molecule has 1 N–H and O–H groups in total. The molecule has 35 heavy (non-hydrogen) atoms. The van der Waals surface area contributed by atoms with Crippen LogP contribution in [-0.2, 0) is 4.79 Å². The fourth-order valence-electron chi connectivity index (χ4n) is 3.80. The maximum atomic E-state index is 13.9. The summed E-state index contributed by atoms with van der Waals surface area (Å²) in [6, 6.07) is 12.0. The van der Waals surface area contributed by atoms with E-state index in [4.69, 9.17) is 18.6 Å². The van der Waals surface area contributed by atoms with Crippen LogP contribution in [0.15, 0.2) is 65.3 Å². The number of carbonyl (C=O) groups excluding carboxylic acids is 1. The van der Waals surface area contributed by atoms with Gasteiger partial charge in [-0.1, -0.05) is 6.07 Å². The molecule has 0 radical (unpaired) electrons. The van der Waals surface area contributed by atoms with Crippen LogP contribution in [0.5, 0.6) is 17.2 Å². The molecule has 6 nitrogen and oxygen atoms in total. The number of hydrogen-bond donors (Lipinski definition) is 1. The number of nitrogens with one attached hydrogen (secondary N) is 1. The van der Waals surface area contributed by atoms with Gasteiger partial charge in [-0.05, 0) is 48.4 Å². The molecule has 8 heteroatoms. The number of benzene rings is 3. The van der Waals surface area contributed by atoms with Crippen molar-refractivity contribution in [2.24, 2.45) is 0 Å². The standard InChI is InChI=1S/C27H23F2NO5/c1-15(9-27(31)30-22-11-17(28)6-7-21(22)29)18-12-19-20(14-35-25(19)13-24(18)33-3)16-5-8-23(32-2)26(10-16)34-4/h5-14H,1-4H3,(H,30,31)/b15-9+. The van der Waals surface area contributed by atoms with Crippen molar-refractivity contribution in [3.05, 3.63) is 78.1 Å². The van der Waals surface area contributed by atoms with Crippen LogP contribution in [-0.4, -0.2) is 27.2 Å². The third-order valence-corrected chi connectivity index (χ3v) is 5.55. The average molecular weight is 479 g/mol. The SMILES string of the molecule is COc1ccc(-c2coc3cc(OC)c(/C(C)=C/C(=O)Nc4cc(F)ccc4F)cc23)cc1OC. The molecule has 3 aromatic carbocycles. The van der Waals surface area contributed by atoms with Gasteiger partial charge in [0.25, 0.3) is 0 Å². The minimum atomic E-state index is -0.734. The maximum absolute atomic E-state index is 13.9.